The van der Waals surface area contributed by atoms with E-state index in [9.17, 15) is 9.59 Å². The minimum Gasteiger partial charge on any atom is -0.353 e. The van der Waals surface area contributed by atoms with Crippen LogP contribution < -0.4 is 10.6 Å². The molecule has 0 saturated heterocycles. The molecule has 2 N–H and O–H groups in total. The van der Waals surface area contributed by atoms with Crippen molar-refractivity contribution in [2.45, 2.75) is 50.1 Å². The molecule has 1 aromatic carbocycles. The highest BCUT2D eigenvalue weighted by molar-refractivity contribution is 5.89. The van der Waals surface area contributed by atoms with Crippen LogP contribution in [0.3, 0.4) is 0 Å². The summed E-state index contributed by atoms with van der Waals surface area (Å²) in [5.41, 5.74) is 2.84. The first-order chi connectivity index (χ1) is 12.2. The van der Waals surface area contributed by atoms with Gasteiger partial charge in [0.2, 0.25) is 11.8 Å². The Bertz CT molecular complexity index is 752. The zero-order valence-corrected chi connectivity index (χ0v) is 14.3. The van der Waals surface area contributed by atoms with E-state index in [0.717, 1.165) is 19.3 Å². The summed E-state index contributed by atoms with van der Waals surface area (Å²) in [6.45, 7) is 0. The number of nitrogens with one attached hydrogen (secondary N) is 2. The molecule has 0 bridgehead atoms. The normalized spacial score (nSPS) is 34.8. The second-order valence-corrected chi connectivity index (χ2v) is 8.07. The molecule has 4 heteroatoms. The Balaban J connectivity index is 1.25. The van der Waals surface area contributed by atoms with Crippen molar-refractivity contribution in [1.29, 1.82) is 0 Å². The molecule has 2 amide bonds. The van der Waals surface area contributed by atoms with Crippen LogP contribution in [0.25, 0.3) is 0 Å². The van der Waals surface area contributed by atoms with Gasteiger partial charge in [0, 0.05) is 18.0 Å². The van der Waals surface area contributed by atoms with E-state index < -0.39 is 0 Å². The minimum absolute atomic E-state index is 0.0633. The molecule has 0 aliphatic heterocycles. The van der Waals surface area contributed by atoms with E-state index in [1.54, 1.807) is 0 Å². The van der Waals surface area contributed by atoms with Crippen LogP contribution in [0.1, 0.15) is 42.7 Å². The van der Waals surface area contributed by atoms with Gasteiger partial charge in [-0.3, -0.25) is 9.59 Å². The van der Waals surface area contributed by atoms with E-state index >= 15 is 0 Å². The van der Waals surface area contributed by atoms with Gasteiger partial charge >= 0.3 is 0 Å². The van der Waals surface area contributed by atoms with Crippen LogP contribution >= 0.6 is 0 Å². The van der Waals surface area contributed by atoms with Gasteiger partial charge in [0.05, 0.1) is 11.8 Å². The van der Waals surface area contributed by atoms with Crippen molar-refractivity contribution in [2.75, 3.05) is 0 Å². The molecule has 0 spiro atoms. The van der Waals surface area contributed by atoms with Gasteiger partial charge in [-0.25, -0.2) is 0 Å². The summed E-state index contributed by atoms with van der Waals surface area (Å²) in [6, 6.07) is 9.19. The number of hydrogen-bond acceptors (Lipinski definition) is 2. The fourth-order valence-corrected chi connectivity index (χ4v) is 4.75. The molecule has 2 saturated carbocycles. The summed E-state index contributed by atoms with van der Waals surface area (Å²) in [6.07, 6.45) is 8.68. The summed E-state index contributed by atoms with van der Waals surface area (Å²) in [4.78, 5) is 25.4. The van der Waals surface area contributed by atoms with Crippen LogP contribution in [0.2, 0.25) is 0 Å². The molecule has 25 heavy (non-hydrogen) atoms. The van der Waals surface area contributed by atoms with Crippen LogP contribution in [-0.4, -0.2) is 23.9 Å². The van der Waals surface area contributed by atoms with Crippen molar-refractivity contribution in [2.24, 2.45) is 17.8 Å². The Kier molecular flexibility index (Phi) is 3.47. The molecule has 5 rings (SSSR count). The van der Waals surface area contributed by atoms with Gasteiger partial charge in [-0.1, -0.05) is 36.4 Å². The highest BCUT2D eigenvalue weighted by atomic mass is 16.2. The number of amides is 2. The molecule has 1 aromatic rings. The first kappa shape index (κ1) is 15.2. The van der Waals surface area contributed by atoms with Crippen molar-refractivity contribution in [3.8, 4) is 0 Å². The average molecular weight is 336 g/mol. The summed E-state index contributed by atoms with van der Waals surface area (Å²) < 4.78 is 0. The molecule has 5 atom stereocenters. The minimum atomic E-state index is -0.222. The molecular weight excluding hydrogens is 312 g/mol. The fraction of sp³-hybridized carbons (Fsp3) is 0.524. The maximum Gasteiger partial charge on any atom is 0.224 e. The van der Waals surface area contributed by atoms with Crippen molar-refractivity contribution in [3.05, 3.63) is 47.5 Å². The SMILES string of the molecule is O=C(N[C@@H]1[C@H]2Cc3ccccc3[C@H]21)[C@H]1CC=CC[C@H]1C(=O)NC1CC1. The third kappa shape index (κ3) is 2.68. The lowest BCUT2D eigenvalue weighted by molar-refractivity contribution is -0.135. The van der Waals surface area contributed by atoms with Crippen molar-refractivity contribution < 1.29 is 9.59 Å². The van der Waals surface area contributed by atoms with E-state index in [4.69, 9.17) is 0 Å². The van der Waals surface area contributed by atoms with Crippen molar-refractivity contribution >= 4 is 11.8 Å². The van der Waals surface area contributed by atoms with Crippen LogP contribution in [0, 0.1) is 17.8 Å². The van der Waals surface area contributed by atoms with Crippen LogP contribution in [0.5, 0.6) is 0 Å². The molecule has 0 heterocycles. The molecular formula is C21H24N2O2. The summed E-state index contributed by atoms with van der Waals surface area (Å²) in [5, 5.41) is 6.34. The molecule has 4 aliphatic rings. The van der Waals surface area contributed by atoms with Crippen LogP contribution in [0.15, 0.2) is 36.4 Å². The highest BCUT2D eigenvalue weighted by Crippen LogP contribution is 2.56. The summed E-state index contributed by atoms with van der Waals surface area (Å²) in [5.74, 6) is 0.736. The zero-order valence-electron chi connectivity index (χ0n) is 14.3. The monoisotopic (exact) mass is 336 g/mol. The van der Waals surface area contributed by atoms with E-state index in [1.807, 2.05) is 12.2 Å². The maximum atomic E-state index is 12.9. The number of carbonyl (C=O) groups excluding carboxylic acids is 2. The van der Waals surface area contributed by atoms with E-state index in [1.165, 1.54) is 11.1 Å². The number of allylic oxidation sites excluding steroid dienone is 2. The molecule has 0 aromatic heterocycles. The fourth-order valence-electron chi connectivity index (χ4n) is 4.75. The van der Waals surface area contributed by atoms with E-state index in [-0.39, 0.29) is 29.7 Å². The molecule has 4 aliphatic carbocycles. The highest BCUT2D eigenvalue weighted by Gasteiger charge is 2.56. The Morgan fingerprint density at radius 1 is 0.920 bits per heavy atom. The topological polar surface area (TPSA) is 58.2 Å². The van der Waals surface area contributed by atoms with Gasteiger partial charge in [0.25, 0.3) is 0 Å². The van der Waals surface area contributed by atoms with Gasteiger partial charge in [-0.05, 0) is 49.1 Å². The number of hydrogen-bond donors (Lipinski definition) is 2. The number of carbonyl (C=O) groups is 2. The van der Waals surface area contributed by atoms with E-state index in [0.29, 0.717) is 30.7 Å². The third-order valence-corrected chi connectivity index (χ3v) is 6.38. The summed E-state index contributed by atoms with van der Waals surface area (Å²) >= 11 is 0. The lowest BCUT2D eigenvalue weighted by Crippen LogP contribution is -2.44. The van der Waals surface area contributed by atoms with Crippen LogP contribution in [0.4, 0.5) is 0 Å². The first-order valence-corrected chi connectivity index (χ1v) is 9.56. The molecule has 130 valence electrons. The van der Waals surface area contributed by atoms with Gasteiger partial charge in [-0.15, -0.1) is 0 Å². The largest absolute Gasteiger partial charge is 0.353 e. The first-order valence-electron chi connectivity index (χ1n) is 9.56. The quantitative estimate of drug-likeness (QED) is 0.829. The second-order valence-electron chi connectivity index (χ2n) is 8.07. The average Bonchev–Trinajstić information content (AvgIpc) is 3.53. The predicted molar refractivity (Wildman–Crippen MR) is 94.8 cm³/mol. The molecule has 0 unspecified atom stereocenters. The van der Waals surface area contributed by atoms with Gasteiger partial charge in [0.15, 0.2) is 0 Å². The molecule has 4 nitrogen and oxygen atoms in total. The Morgan fingerprint density at radius 3 is 2.32 bits per heavy atom. The second kappa shape index (κ2) is 5.72. The Morgan fingerprint density at radius 2 is 1.60 bits per heavy atom. The smallest absolute Gasteiger partial charge is 0.224 e. The maximum absolute atomic E-state index is 12.9. The lowest BCUT2D eigenvalue weighted by Gasteiger charge is -2.27. The summed E-state index contributed by atoms with van der Waals surface area (Å²) in [7, 11) is 0. The third-order valence-electron chi connectivity index (χ3n) is 6.38. The Labute approximate surface area is 148 Å². The number of rotatable bonds is 4. The molecule has 0 radical (unpaired) electrons. The lowest BCUT2D eigenvalue weighted by atomic mass is 9.81. The number of benzene rings is 1. The standard InChI is InChI=1S/C21H24N2O2/c24-20(22-13-9-10-13)15-7-3-4-8-16(15)21(25)23-19-17-11-12-5-1-2-6-14(12)18(17)19/h1-6,13,15-19H,7-11H2,(H,22,24)(H,23,25)/t15-,16+,17+,18-,19-/m1/s1. The zero-order chi connectivity index (χ0) is 17.0. The van der Waals surface area contributed by atoms with Crippen LogP contribution in [-0.2, 0) is 16.0 Å². The van der Waals surface area contributed by atoms with Gasteiger partial charge < -0.3 is 10.6 Å². The Hall–Kier alpha value is -2.10. The molecule has 2 fully saturated rings. The van der Waals surface area contributed by atoms with E-state index in [2.05, 4.69) is 34.9 Å². The van der Waals surface area contributed by atoms with Gasteiger partial charge in [0.1, 0.15) is 0 Å². The van der Waals surface area contributed by atoms with Crippen molar-refractivity contribution in [3.63, 3.8) is 0 Å². The van der Waals surface area contributed by atoms with Gasteiger partial charge in [-0.2, -0.15) is 0 Å². The number of fused-ring (bicyclic) bond motifs is 3. The van der Waals surface area contributed by atoms with Crippen molar-refractivity contribution in [1.82, 2.24) is 10.6 Å². The predicted octanol–water partition coefficient (Wildman–Crippen LogP) is 2.30.